The monoisotopic (exact) mass is 413 g/mol. The summed E-state index contributed by atoms with van der Waals surface area (Å²) >= 11 is 0. The van der Waals surface area contributed by atoms with E-state index >= 15 is 0 Å². The number of rotatable bonds is 10. The second-order valence-electron chi connectivity index (χ2n) is 8.39. The summed E-state index contributed by atoms with van der Waals surface area (Å²) in [6.45, 7) is 4.78. The summed E-state index contributed by atoms with van der Waals surface area (Å²) in [5, 5.41) is 10.6. The molecule has 30 heavy (non-hydrogen) atoms. The highest BCUT2D eigenvalue weighted by Gasteiger charge is 2.33. The van der Waals surface area contributed by atoms with Gasteiger partial charge in [-0.3, -0.25) is 9.80 Å². The third-order valence-corrected chi connectivity index (χ3v) is 5.63. The summed E-state index contributed by atoms with van der Waals surface area (Å²) in [6.07, 6.45) is -0.345. The Morgan fingerprint density at radius 2 is 1.57 bits per heavy atom. The highest BCUT2D eigenvalue weighted by Crippen LogP contribution is 2.21. The lowest BCUT2D eigenvalue weighted by Gasteiger charge is -2.26. The van der Waals surface area contributed by atoms with Crippen molar-refractivity contribution in [2.45, 2.75) is 25.2 Å². The van der Waals surface area contributed by atoms with Gasteiger partial charge in [0.15, 0.2) is 0 Å². The lowest BCUT2D eigenvalue weighted by molar-refractivity contribution is 0.0949. The van der Waals surface area contributed by atoms with Gasteiger partial charge in [0.05, 0.1) is 13.2 Å². The molecule has 0 unspecified atom stereocenters. The largest absolute Gasteiger partial charge is 0.497 e. The molecule has 3 rings (SSSR count). The van der Waals surface area contributed by atoms with Crippen LogP contribution in [0, 0.1) is 0 Å². The quantitative estimate of drug-likeness (QED) is 0.645. The van der Waals surface area contributed by atoms with Gasteiger partial charge in [-0.05, 0) is 56.5 Å². The first-order valence-electron chi connectivity index (χ1n) is 10.5. The van der Waals surface area contributed by atoms with E-state index in [1.54, 1.807) is 7.11 Å². The van der Waals surface area contributed by atoms with Gasteiger partial charge in [0.1, 0.15) is 18.1 Å². The molecular weight excluding hydrogens is 378 g/mol. The highest BCUT2D eigenvalue weighted by molar-refractivity contribution is 5.28. The molecule has 0 bridgehead atoms. The number of benzene rings is 2. The number of hydrogen-bond donors (Lipinski definition) is 1. The number of ether oxygens (including phenoxy) is 2. The molecule has 2 atom stereocenters. The molecule has 2 aromatic carbocycles. The van der Waals surface area contributed by atoms with Crippen molar-refractivity contribution in [2.24, 2.45) is 0 Å². The van der Waals surface area contributed by atoms with E-state index < -0.39 is 0 Å². The number of aliphatic hydroxyl groups excluding tert-OH is 1. The normalized spacial score (nSPS) is 19.6. The number of β-amino-alcohol motifs (C(OH)–C–C–N with tert-alkyl or cyclic N) is 1. The van der Waals surface area contributed by atoms with Gasteiger partial charge < -0.3 is 19.5 Å². The van der Waals surface area contributed by atoms with Gasteiger partial charge in [0.25, 0.3) is 0 Å². The molecule has 164 valence electrons. The Bertz CT molecular complexity index is 764. The molecule has 1 aliphatic heterocycles. The van der Waals surface area contributed by atoms with Crippen molar-refractivity contribution in [2.75, 3.05) is 54.5 Å². The minimum Gasteiger partial charge on any atom is -0.497 e. The van der Waals surface area contributed by atoms with E-state index in [1.165, 1.54) is 11.1 Å². The average Bonchev–Trinajstić information content (AvgIpc) is 3.10. The van der Waals surface area contributed by atoms with Crippen LogP contribution in [0.2, 0.25) is 0 Å². The Labute approximate surface area is 180 Å². The first kappa shape index (κ1) is 22.6. The zero-order valence-corrected chi connectivity index (χ0v) is 18.6. The van der Waals surface area contributed by atoms with Gasteiger partial charge in [-0.25, -0.2) is 0 Å². The third-order valence-electron chi connectivity index (χ3n) is 5.63. The van der Waals surface area contributed by atoms with Gasteiger partial charge in [-0.2, -0.15) is 0 Å². The summed E-state index contributed by atoms with van der Waals surface area (Å²) in [5.74, 6) is 1.77. The lowest BCUT2D eigenvalue weighted by Crippen LogP contribution is -2.40. The number of likely N-dealkylation sites (tertiary alicyclic amines) is 1. The van der Waals surface area contributed by atoms with Crippen molar-refractivity contribution < 1.29 is 14.6 Å². The van der Waals surface area contributed by atoms with E-state index in [9.17, 15) is 5.11 Å². The van der Waals surface area contributed by atoms with Crippen molar-refractivity contribution in [1.82, 2.24) is 14.7 Å². The van der Waals surface area contributed by atoms with Crippen LogP contribution in [0.5, 0.6) is 11.5 Å². The molecule has 0 amide bonds. The average molecular weight is 414 g/mol. The maximum atomic E-state index is 10.6. The van der Waals surface area contributed by atoms with Crippen LogP contribution >= 0.6 is 0 Å². The van der Waals surface area contributed by atoms with E-state index in [4.69, 9.17) is 9.47 Å². The summed E-state index contributed by atoms with van der Waals surface area (Å²) in [7, 11) is 7.84. The van der Waals surface area contributed by atoms with Crippen LogP contribution in [0.3, 0.4) is 0 Å². The molecular formula is C24H35N3O3. The molecule has 1 N–H and O–H groups in total. The fourth-order valence-corrected chi connectivity index (χ4v) is 3.84. The Kier molecular flexibility index (Phi) is 8.10. The molecule has 1 fully saturated rings. The van der Waals surface area contributed by atoms with Gasteiger partial charge in [0, 0.05) is 38.8 Å². The topological polar surface area (TPSA) is 48.4 Å². The van der Waals surface area contributed by atoms with Crippen LogP contribution < -0.4 is 9.47 Å². The maximum absolute atomic E-state index is 10.6. The fraction of sp³-hybridized carbons (Fsp3) is 0.500. The molecule has 6 heteroatoms. The van der Waals surface area contributed by atoms with Gasteiger partial charge in [0.2, 0.25) is 0 Å². The molecule has 1 saturated heterocycles. The van der Waals surface area contributed by atoms with Crippen LogP contribution in [0.1, 0.15) is 11.1 Å². The van der Waals surface area contributed by atoms with E-state index in [2.05, 4.69) is 46.0 Å². The zero-order chi connectivity index (χ0) is 21.5. The molecule has 0 aromatic heterocycles. The first-order valence-corrected chi connectivity index (χ1v) is 10.5. The Morgan fingerprint density at radius 1 is 0.933 bits per heavy atom. The summed E-state index contributed by atoms with van der Waals surface area (Å²) in [5.41, 5.74) is 2.45. The molecule has 0 aliphatic carbocycles. The molecule has 0 saturated carbocycles. The zero-order valence-electron chi connectivity index (χ0n) is 18.6. The number of nitrogens with zero attached hydrogens (tertiary/aromatic N) is 3. The van der Waals surface area contributed by atoms with Crippen molar-refractivity contribution in [3.63, 3.8) is 0 Å². The molecule has 1 aliphatic rings. The number of methoxy groups -OCH3 is 1. The minimum absolute atomic E-state index is 0.126. The molecule has 2 aromatic rings. The van der Waals surface area contributed by atoms with Crippen LogP contribution in [0.25, 0.3) is 0 Å². The van der Waals surface area contributed by atoms with Crippen LogP contribution in [-0.2, 0) is 13.1 Å². The summed E-state index contributed by atoms with van der Waals surface area (Å²) in [6, 6.07) is 16.5. The molecule has 6 nitrogen and oxygen atoms in total. The smallest absolute Gasteiger partial charge is 0.119 e. The van der Waals surface area contributed by atoms with Crippen molar-refractivity contribution in [3.8, 4) is 11.5 Å². The molecule has 0 spiro atoms. The fourth-order valence-electron chi connectivity index (χ4n) is 3.84. The minimum atomic E-state index is -0.345. The maximum Gasteiger partial charge on any atom is 0.119 e. The van der Waals surface area contributed by atoms with E-state index in [1.807, 2.05) is 38.4 Å². The van der Waals surface area contributed by atoms with Crippen molar-refractivity contribution in [3.05, 3.63) is 59.7 Å². The Hall–Kier alpha value is -2.12. The Morgan fingerprint density at radius 3 is 2.20 bits per heavy atom. The second-order valence-corrected chi connectivity index (χ2v) is 8.39. The van der Waals surface area contributed by atoms with Crippen LogP contribution in [0.15, 0.2) is 48.5 Å². The van der Waals surface area contributed by atoms with Gasteiger partial charge >= 0.3 is 0 Å². The highest BCUT2D eigenvalue weighted by atomic mass is 16.5. The standard InChI is InChI=1S/C24H35N3O3/c1-25(2)13-14-30-22-11-7-20(8-12-22)16-27-17-23(24(28)18-27)26(3)15-19-5-9-21(29-4)10-6-19/h5-12,23-24,28H,13-18H2,1-4H3/t23-,24-/m0/s1. The third kappa shape index (κ3) is 6.44. The van der Waals surface area contributed by atoms with E-state index in [0.29, 0.717) is 13.2 Å². The van der Waals surface area contributed by atoms with Crippen LogP contribution in [0.4, 0.5) is 0 Å². The summed E-state index contributed by atoms with van der Waals surface area (Å²) in [4.78, 5) is 6.67. The number of likely N-dealkylation sites (N-methyl/N-ethyl adjacent to an activating group) is 2. The molecule has 1 heterocycles. The predicted molar refractivity (Wildman–Crippen MR) is 120 cm³/mol. The summed E-state index contributed by atoms with van der Waals surface area (Å²) < 4.78 is 11.0. The van der Waals surface area contributed by atoms with Crippen molar-refractivity contribution in [1.29, 1.82) is 0 Å². The first-order chi connectivity index (χ1) is 14.4. The van der Waals surface area contributed by atoms with E-state index in [-0.39, 0.29) is 12.1 Å². The van der Waals surface area contributed by atoms with Crippen molar-refractivity contribution >= 4 is 0 Å². The number of aliphatic hydroxyl groups is 1. The lowest BCUT2D eigenvalue weighted by atomic mass is 10.1. The Balaban J connectivity index is 1.49. The second kappa shape index (κ2) is 10.8. The predicted octanol–water partition coefficient (Wildman–Crippen LogP) is 2.31. The van der Waals surface area contributed by atoms with Gasteiger partial charge in [-0.1, -0.05) is 24.3 Å². The number of hydrogen-bond acceptors (Lipinski definition) is 6. The van der Waals surface area contributed by atoms with E-state index in [0.717, 1.165) is 37.7 Å². The van der Waals surface area contributed by atoms with Crippen LogP contribution in [-0.4, -0.2) is 86.4 Å². The van der Waals surface area contributed by atoms with Gasteiger partial charge in [-0.15, -0.1) is 0 Å². The molecule has 0 radical (unpaired) electrons. The SMILES string of the molecule is COc1ccc(CN(C)[C@H]2CN(Cc3ccc(OCCN(C)C)cc3)C[C@@H]2O)cc1.